The monoisotopic (exact) mass is 386 g/mol. The summed E-state index contributed by atoms with van der Waals surface area (Å²) in [7, 11) is 1.75. The number of primary amides is 1. The molecule has 2 aromatic carbocycles. The molecule has 6 nitrogen and oxygen atoms in total. The molecule has 27 heavy (non-hydrogen) atoms. The van der Waals surface area contributed by atoms with Crippen molar-refractivity contribution in [2.24, 2.45) is 10.7 Å². The fourth-order valence-corrected chi connectivity index (χ4v) is 3.27. The second-order valence-electron chi connectivity index (χ2n) is 5.95. The van der Waals surface area contributed by atoms with Gasteiger partial charge >= 0.3 is 0 Å². The average molecular weight is 387 g/mol. The van der Waals surface area contributed by atoms with E-state index in [-0.39, 0.29) is 6.61 Å². The van der Waals surface area contributed by atoms with E-state index < -0.39 is 5.91 Å². The van der Waals surface area contributed by atoms with Crippen LogP contribution in [0.25, 0.3) is 0 Å². The maximum atomic E-state index is 10.8. The highest BCUT2D eigenvalue weighted by atomic mass is 32.2. The van der Waals surface area contributed by atoms with Crippen molar-refractivity contribution in [3.8, 4) is 5.75 Å². The van der Waals surface area contributed by atoms with Crippen molar-refractivity contribution in [2.45, 2.75) is 23.6 Å². The molecule has 0 fully saturated rings. The minimum Gasteiger partial charge on any atom is -0.484 e. The molecule has 0 radical (unpaired) electrons. The quantitative estimate of drug-likeness (QED) is 0.350. The van der Waals surface area contributed by atoms with Crippen LogP contribution in [-0.4, -0.2) is 37.3 Å². The van der Waals surface area contributed by atoms with Gasteiger partial charge in [0.05, 0.1) is 0 Å². The lowest BCUT2D eigenvalue weighted by molar-refractivity contribution is -0.119. The van der Waals surface area contributed by atoms with Crippen LogP contribution in [-0.2, 0) is 11.3 Å². The standard InChI is InChI=1S/C20H26N4O2S/c1-15(27-18-9-4-3-5-10-18)12-23-20(22-2)24-13-16-7-6-8-17(11-16)26-14-19(21)25/h3-11,15H,12-14H2,1-2H3,(H2,21,25)(H2,22,23,24). The number of hydrogen-bond donors (Lipinski definition) is 3. The van der Waals surface area contributed by atoms with Crippen LogP contribution in [0.15, 0.2) is 64.5 Å². The zero-order valence-electron chi connectivity index (χ0n) is 15.6. The minimum absolute atomic E-state index is 0.128. The zero-order valence-corrected chi connectivity index (χ0v) is 16.5. The van der Waals surface area contributed by atoms with Crippen molar-refractivity contribution < 1.29 is 9.53 Å². The zero-order chi connectivity index (χ0) is 19.5. The molecule has 2 rings (SSSR count). The largest absolute Gasteiger partial charge is 0.484 e. The number of carbonyl (C=O) groups is 1. The van der Waals surface area contributed by atoms with Crippen LogP contribution in [0.4, 0.5) is 0 Å². The molecule has 1 atom stereocenters. The molecule has 1 amide bonds. The lowest BCUT2D eigenvalue weighted by atomic mass is 10.2. The maximum absolute atomic E-state index is 10.8. The van der Waals surface area contributed by atoms with Gasteiger partial charge in [-0.15, -0.1) is 11.8 Å². The third-order valence-corrected chi connectivity index (χ3v) is 4.71. The maximum Gasteiger partial charge on any atom is 0.255 e. The molecule has 0 aliphatic heterocycles. The van der Waals surface area contributed by atoms with Crippen molar-refractivity contribution in [3.63, 3.8) is 0 Å². The molecular weight excluding hydrogens is 360 g/mol. The first-order valence-electron chi connectivity index (χ1n) is 8.73. The molecule has 0 saturated heterocycles. The molecule has 0 aliphatic carbocycles. The highest BCUT2D eigenvalue weighted by Crippen LogP contribution is 2.21. The summed E-state index contributed by atoms with van der Waals surface area (Å²) in [5.74, 6) is 0.855. The van der Waals surface area contributed by atoms with Gasteiger partial charge in [-0.05, 0) is 29.8 Å². The van der Waals surface area contributed by atoms with Gasteiger partial charge in [-0.2, -0.15) is 0 Å². The number of guanidine groups is 1. The van der Waals surface area contributed by atoms with E-state index in [0.29, 0.717) is 17.5 Å². The Balaban J connectivity index is 1.78. The Labute approximate surface area is 164 Å². The summed E-state index contributed by atoms with van der Waals surface area (Å²) in [6, 6.07) is 17.9. The van der Waals surface area contributed by atoms with E-state index >= 15 is 0 Å². The highest BCUT2D eigenvalue weighted by molar-refractivity contribution is 8.00. The van der Waals surface area contributed by atoms with Crippen LogP contribution in [0.5, 0.6) is 5.75 Å². The predicted molar refractivity (Wildman–Crippen MR) is 111 cm³/mol. The van der Waals surface area contributed by atoms with E-state index in [1.807, 2.05) is 48.2 Å². The van der Waals surface area contributed by atoms with Gasteiger partial charge in [0.15, 0.2) is 12.6 Å². The first kappa shape index (κ1) is 20.6. The van der Waals surface area contributed by atoms with Gasteiger partial charge in [-0.25, -0.2) is 0 Å². The van der Waals surface area contributed by atoms with E-state index in [0.717, 1.165) is 18.1 Å². The Morgan fingerprint density at radius 2 is 1.96 bits per heavy atom. The van der Waals surface area contributed by atoms with Crippen LogP contribution in [0, 0.1) is 0 Å². The highest BCUT2D eigenvalue weighted by Gasteiger charge is 2.06. The van der Waals surface area contributed by atoms with E-state index in [9.17, 15) is 4.79 Å². The van der Waals surface area contributed by atoms with Gasteiger partial charge < -0.3 is 21.1 Å². The summed E-state index contributed by atoms with van der Waals surface area (Å²) in [4.78, 5) is 16.3. The molecule has 2 aromatic rings. The van der Waals surface area contributed by atoms with Crippen LogP contribution in [0.1, 0.15) is 12.5 Å². The molecule has 0 spiro atoms. The molecule has 0 heterocycles. The first-order chi connectivity index (χ1) is 13.1. The van der Waals surface area contributed by atoms with Crippen LogP contribution < -0.4 is 21.1 Å². The van der Waals surface area contributed by atoms with Gasteiger partial charge in [0.1, 0.15) is 5.75 Å². The Kier molecular flexibility index (Phi) is 8.51. The number of ether oxygens (including phenoxy) is 1. The summed E-state index contributed by atoms with van der Waals surface area (Å²) < 4.78 is 5.33. The van der Waals surface area contributed by atoms with Crippen molar-refractivity contribution in [1.82, 2.24) is 10.6 Å². The first-order valence-corrected chi connectivity index (χ1v) is 9.61. The number of nitrogens with one attached hydrogen (secondary N) is 2. The fourth-order valence-electron chi connectivity index (χ4n) is 2.32. The lowest BCUT2D eigenvalue weighted by Crippen LogP contribution is -2.39. The minimum atomic E-state index is -0.495. The second-order valence-corrected chi connectivity index (χ2v) is 7.46. The van der Waals surface area contributed by atoms with Crippen molar-refractivity contribution in [1.29, 1.82) is 0 Å². The van der Waals surface area contributed by atoms with Gasteiger partial charge in [-0.1, -0.05) is 37.3 Å². The summed E-state index contributed by atoms with van der Waals surface area (Å²) in [6.07, 6.45) is 0. The number of benzene rings is 2. The average Bonchev–Trinajstić information content (AvgIpc) is 2.67. The molecule has 0 bridgehead atoms. The van der Waals surface area contributed by atoms with E-state index in [4.69, 9.17) is 10.5 Å². The molecule has 0 saturated carbocycles. The topological polar surface area (TPSA) is 88.7 Å². The third-order valence-electron chi connectivity index (χ3n) is 3.60. The Bertz CT molecular complexity index is 753. The summed E-state index contributed by atoms with van der Waals surface area (Å²) in [5.41, 5.74) is 6.12. The van der Waals surface area contributed by atoms with Crippen molar-refractivity contribution in [3.05, 3.63) is 60.2 Å². The lowest BCUT2D eigenvalue weighted by Gasteiger charge is -2.16. The SMILES string of the molecule is CN=C(NCc1cccc(OCC(N)=O)c1)NCC(C)Sc1ccccc1. The van der Waals surface area contributed by atoms with Gasteiger partial charge in [0, 0.05) is 30.3 Å². The Morgan fingerprint density at radius 3 is 2.67 bits per heavy atom. The Hall–Kier alpha value is -2.67. The smallest absolute Gasteiger partial charge is 0.255 e. The number of aliphatic imine (C=N–C) groups is 1. The fraction of sp³-hybridized carbons (Fsp3) is 0.300. The van der Waals surface area contributed by atoms with Crippen molar-refractivity contribution >= 4 is 23.6 Å². The van der Waals surface area contributed by atoms with E-state index in [2.05, 4.69) is 34.7 Å². The number of thioether (sulfide) groups is 1. The van der Waals surface area contributed by atoms with Crippen molar-refractivity contribution in [2.75, 3.05) is 20.2 Å². The third kappa shape index (κ3) is 8.04. The number of nitrogens with zero attached hydrogens (tertiary/aromatic N) is 1. The normalized spacial score (nSPS) is 12.3. The van der Waals surface area contributed by atoms with Gasteiger partial charge in [-0.3, -0.25) is 9.79 Å². The summed E-state index contributed by atoms with van der Waals surface area (Å²) in [6.45, 7) is 3.43. The number of amides is 1. The van der Waals surface area contributed by atoms with Crippen LogP contribution >= 0.6 is 11.8 Å². The van der Waals surface area contributed by atoms with E-state index in [1.54, 1.807) is 13.1 Å². The molecule has 1 unspecified atom stereocenters. The molecule has 7 heteroatoms. The molecule has 0 aromatic heterocycles. The molecule has 4 N–H and O–H groups in total. The summed E-state index contributed by atoms with van der Waals surface area (Å²) in [5, 5.41) is 7.02. The molecular formula is C20H26N4O2S. The van der Waals surface area contributed by atoms with Gasteiger partial charge in [0.2, 0.25) is 0 Å². The Morgan fingerprint density at radius 1 is 1.19 bits per heavy atom. The number of rotatable bonds is 9. The predicted octanol–water partition coefficient (Wildman–Crippen LogP) is 2.40. The van der Waals surface area contributed by atoms with Crippen LogP contribution in [0.2, 0.25) is 0 Å². The molecule has 144 valence electrons. The van der Waals surface area contributed by atoms with E-state index in [1.165, 1.54) is 4.90 Å². The summed E-state index contributed by atoms with van der Waals surface area (Å²) >= 11 is 1.82. The number of hydrogen-bond acceptors (Lipinski definition) is 4. The number of carbonyl (C=O) groups excluding carboxylic acids is 1. The second kappa shape index (κ2) is 11.1. The van der Waals surface area contributed by atoms with Crippen LogP contribution in [0.3, 0.4) is 0 Å². The molecule has 0 aliphatic rings. The van der Waals surface area contributed by atoms with Gasteiger partial charge in [0.25, 0.3) is 5.91 Å². The number of nitrogens with two attached hydrogens (primary N) is 1.